The maximum Gasteiger partial charge on any atom is 0.188 e. The lowest BCUT2D eigenvalue weighted by Gasteiger charge is -2.07. The lowest BCUT2D eigenvalue weighted by atomic mass is 10.0. The van der Waals surface area contributed by atoms with Crippen LogP contribution in [-0.2, 0) is 11.2 Å². The van der Waals surface area contributed by atoms with Gasteiger partial charge in [0.25, 0.3) is 0 Å². The molecular formula is C19H22O2. The van der Waals surface area contributed by atoms with E-state index < -0.39 is 0 Å². The van der Waals surface area contributed by atoms with Gasteiger partial charge in [-0.25, -0.2) is 0 Å². The van der Waals surface area contributed by atoms with Crippen molar-refractivity contribution in [2.45, 2.75) is 26.2 Å². The first-order valence-electron chi connectivity index (χ1n) is 7.41. The van der Waals surface area contributed by atoms with E-state index in [1.54, 1.807) is 0 Å². The molecule has 0 aromatic heterocycles. The Morgan fingerprint density at radius 1 is 1.00 bits per heavy atom. The van der Waals surface area contributed by atoms with E-state index in [0.717, 1.165) is 12.0 Å². The Bertz CT molecular complexity index is 556. The number of carbonyl (C=O) groups is 1. The van der Waals surface area contributed by atoms with Crippen LogP contribution < -0.4 is 0 Å². The van der Waals surface area contributed by atoms with Crippen molar-refractivity contribution in [3.8, 4) is 0 Å². The first-order valence-corrected chi connectivity index (χ1v) is 7.41. The number of Topliss-reactive ketones (excluding diaryl/α,β-unsaturated/α-hetero) is 1. The number of carbonyl (C=O) groups excluding carboxylic acids is 1. The van der Waals surface area contributed by atoms with Crippen LogP contribution in [0.15, 0.2) is 54.6 Å². The normalized spacial score (nSPS) is 10.8. The maximum atomic E-state index is 12.0. The van der Waals surface area contributed by atoms with Crippen LogP contribution in [0.2, 0.25) is 0 Å². The van der Waals surface area contributed by atoms with Crippen molar-refractivity contribution in [3.63, 3.8) is 0 Å². The quantitative estimate of drug-likeness (QED) is 0.560. The van der Waals surface area contributed by atoms with E-state index in [2.05, 4.69) is 26.0 Å². The summed E-state index contributed by atoms with van der Waals surface area (Å²) in [6, 6.07) is 18.0. The van der Waals surface area contributed by atoms with E-state index in [0.29, 0.717) is 12.5 Å². The van der Waals surface area contributed by atoms with Gasteiger partial charge < -0.3 is 4.74 Å². The van der Waals surface area contributed by atoms with Crippen LogP contribution in [0, 0.1) is 0 Å². The number of hydrogen-bond donors (Lipinski definition) is 0. The summed E-state index contributed by atoms with van der Waals surface area (Å²) in [7, 11) is 0. The van der Waals surface area contributed by atoms with Gasteiger partial charge in [0.15, 0.2) is 5.78 Å². The number of rotatable bonds is 7. The molecule has 2 nitrogen and oxygen atoms in total. The third kappa shape index (κ3) is 4.83. The highest BCUT2D eigenvalue weighted by Gasteiger charge is 2.07. The molecule has 0 saturated carbocycles. The highest BCUT2D eigenvalue weighted by molar-refractivity contribution is 5.97. The summed E-state index contributed by atoms with van der Waals surface area (Å²) in [5.74, 6) is 0.523. The first-order chi connectivity index (χ1) is 10.2. The Morgan fingerprint density at radius 3 is 2.29 bits per heavy atom. The highest BCUT2D eigenvalue weighted by atomic mass is 16.5. The maximum absolute atomic E-state index is 12.0. The molecule has 0 aliphatic heterocycles. The zero-order valence-corrected chi connectivity index (χ0v) is 12.7. The van der Waals surface area contributed by atoms with Crippen LogP contribution in [0.3, 0.4) is 0 Å². The topological polar surface area (TPSA) is 26.3 Å². The number of ether oxygens (including phenoxy) is 1. The Hall–Kier alpha value is -1.93. The summed E-state index contributed by atoms with van der Waals surface area (Å²) in [5.41, 5.74) is 3.20. The minimum absolute atomic E-state index is 0.0402. The predicted octanol–water partition coefficient (Wildman–Crippen LogP) is 4.25. The fourth-order valence-corrected chi connectivity index (χ4v) is 2.14. The zero-order valence-electron chi connectivity index (χ0n) is 12.7. The summed E-state index contributed by atoms with van der Waals surface area (Å²) in [6.45, 7) is 5.00. The Morgan fingerprint density at radius 2 is 1.67 bits per heavy atom. The summed E-state index contributed by atoms with van der Waals surface area (Å²) in [5, 5.41) is 0. The molecule has 2 aromatic carbocycles. The molecule has 0 spiro atoms. The molecule has 2 rings (SSSR count). The van der Waals surface area contributed by atoms with Gasteiger partial charge in [-0.3, -0.25) is 4.79 Å². The molecule has 21 heavy (non-hydrogen) atoms. The van der Waals surface area contributed by atoms with Crippen LogP contribution in [0.4, 0.5) is 0 Å². The van der Waals surface area contributed by atoms with Gasteiger partial charge in [0.2, 0.25) is 0 Å². The molecular weight excluding hydrogens is 260 g/mol. The molecule has 0 unspecified atom stereocenters. The van der Waals surface area contributed by atoms with Crippen LogP contribution in [0.5, 0.6) is 0 Å². The van der Waals surface area contributed by atoms with E-state index in [1.807, 2.05) is 42.5 Å². The van der Waals surface area contributed by atoms with Crippen LogP contribution in [0.25, 0.3) is 0 Å². The SMILES string of the molecule is CC(C)c1ccc(C(=O)COCCc2ccccc2)cc1. The summed E-state index contributed by atoms with van der Waals surface area (Å²) in [4.78, 5) is 12.0. The average molecular weight is 282 g/mol. The van der Waals surface area contributed by atoms with Crippen molar-refractivity contribution in [1.29, 1.82) is 0 Å². The summed E-state index contributed by atoms with van der Waals surface area (Å²) < 4.78 is 5.48. The second-order valence-electron chi connectivity index (χ2n) is 5.49. The molecule has 0 bridgehead atoms. The monoisotopic (exact) mass is 282 g/mol. The van der Waals surface area contributed by atoms with Crippen LogP contribution >= 0.6 is 0 Å². The van der Waals surface area contributed by atoms with Gasteiger partial charge in [0.05, 0.1) is 6.61 Å². The number of hydrogen-bond acceptors (Lipinski definition) is 2. The smallest absolute Gasteiger partial charge is 0.188 e. The van der Waals surface area contributed by atoms with E-state index >= 15 is 0 Å². The van der Waals surface area contributed by atoms with Gasteiger partial charge >= 0.3 is 0 Å². The molecule has 0 amide bonds. The van der Waals surface area contributed by atoms with Gasteiger partial charge in [-0.05, 0) is 23.5 Å². The minimum Gasteiger partial charge on any atom is -0.373 e. The molecule has 0 N–H and O–H groups in total. The van der Waals surface area contributed by atoms with Gasteiger partial charge in [0, 0.05) is 5.56 Å². The molecule has 0 heterocycles. The van der Waals surface area contributed by atoms with Crippen LogP contribution in [-0.4, -0.2) is 19.0 Å². The highest BCUT2D eigenvalue weighted by Crippen LogP contribution is 2.15. The molecule has 110 valence electrons. The van der Waals surface area contributed by atoms with Crippen molar-refractivity contribution < 1.29 is 9.53 Å². The second-order valence-corrected chi connectivity index (χ2v) is 5.49. The molecule has 0 fully saturated rings. The fraction of sp³-hybridized carbons (Fsp3) is 0.316. The van der Waals surface area contributed by atoms with Crippen LogP contribution in [0.1, 0.15) is 41.3 Å². The van der Waals surface area contributed by atoms with E-state index in [9.17, 15) is 4.79 Å². The van der Waals surface area contributed by atoms with Gasteiger partial charge in [-0.1, -0.05) is 68.4 Å². The van der Waals surface area contributed by atoms with Gasteiger partial charge in [-0.15, -0.1) is 0 Å². The Balaban J connectivity index is 1.76. The molecule has 0 aliphatic carbocycles. The Labute approximate surface area is 126 Å². The first kappa shape index (κ1) is 15.5. The Kier molecular flexibility index (Phi) is 5.70. The van der Waals surface area contributed by atoms with Crippen molar-refractivity contribution in [1.82, 2.24) is 0 Å². The van der Waals surface area contributed by atoms with E-state index in [1.165, 1.54) is 11.1 Å². The molecule has 0 radical (unpaired) electrons. The largest absolute Gasteiger partial charge is 0.373 e. The van der Waals surface area contributed by atoms with E-state index in [-0.39, 0.29) is 12.4 Å². The summed E-state index contributed by atoms with van der Waals surface area (Å²) >= 11 is 0. The van der Waals surface area contributed by atoms with Gasteiger partial charge in [0.1, 0.15) is 6.61 Å². The molecule has 0 saturated heterocycles. The third-order valence-corrected chi connectivity index (χ3v) is 3.51. The zero-order chi connectivity index (χ0) is 15.1. The minimum atomic E-state index is 0.0402. The lowest BCUT2D eigenvalue weighted by Crippen LogP contribution is -2.11. The number of benzene rings is 2. The van der Waals surface area contributed by atoms with Crippen molar-refractivity contribution in [3.05, 3.63) is 71.3 Å². The third-order valence-electron chi connectivity index (χ3n) is 3.51. The standard InChI is InChI=1S/C19H22O2/c1-15(2)17-8-10-18(11-9-17)19(20)14-21-13-12-16-6-4-3-5-7-16/h3-11,15H,12-14H2,1-2H3. The van der Waals surface area contributed by atoms with Crippen molar-refractivity contribution in [2.75, 3.05) is 13.2 Å². The number of ketones is 1. The van der Waals surface area contributed by atoms with E-state index in [4.69, 9.17) is 4.74 Å². The molecule has 0 aliphatic rings. The molecule has 0 atom stereocenters. The second kappa shape index (κ2) is 7.75. The summed E-state index contributed by atoms with van der Waals surface area (Å²) in [6.07, 6.45) is 0.834. The van der Waals surface area contributed by atoms with Gasteiger partial charge in [-0.2, -0.15) is 0 Å². The fourth-order valence-electron chi connectivity index (χ4n) is 2.14. The van der Waals surface area contributed by atoms with Crippen molar-refractivity contribution >= 4 is 5.78 Å². The lowest BCUT2D eigenvalue weighted by molar-refractivity contribution is 0.0765. The van der Waals surface area contributed by atoms with Crippen molar-refractivity contribution in [2.24, 2.45) is 0 Å². The predicted molar refractivity (Wildman–Crippen MR) is 85.8 cm³/mol. The average Bonchev–Trinajstić information content (AvgIpc) is 2.52. The molecule has 2 aromatic rings. The molecule has 2 heteroatoms.